The SMILES string of the molecule is CC[C@H]1OC(=O)[C@H](C)[C@@H](O[C@H]2C[C@@](C)(OC)[C@@H](O[Si](C)(C)C)[C@H](C)O2)[C@H](C)[C@@H](O[C@@H]2O[C@H](C)C[C@H](N(C)C)[C@H]2O[Si](C)(C)C)[C@](C)(OC)C[C@@H](C)/C(=N\O[Si](C(C)C)(C(C)C)C(C)C)[C@H](C)[C@@H](O)[C@]1(C)O. The van der Waals surface area contributed by atoms with Gasteiger partial charge in [0.05, 0.1) is 59.5 Å². The van der Waals surface area contributed by atoms with Crippen LogP contribution in [0.25, 0.3) is 0 Å². The van der Waals surface area contributed by atoms with Gasteiger partial charge in [-0.25, -0.2) is 0 Å². The van der Waals surface area contributed by atoms with Gasteiger partial charge >= 0.3 is 5.97 Å². The van der Waals surface area contributed by atoms with Crippen molar-refractivity contribution in [3.8, 4) is 0 Å². The van der Waals surface area contributed by atoms with Crippen LogP contribution in [0.3, 0.4) is 0 Å². The number of carbonyl (C=O) groups excluding carboxylic acids is 1. The van der Waals surface area contributed by atoms with Gasteiger partial charge in [0.25, 0.3) is 8.32 Å². The summed E-state index contributed by atoms with van der Waals surface area (Å²) in [5, 5.41) is 30.1. The van der Waals surface area contributed by atoms with Crippen molar-refractivity contribution in [3.05, 3.63) is 0 Å². The van der Waals surface area contributed by atoms with E-state index in [2.05, 4.69) is 114 Å². The summed E-state index contributed by atoms with van der Waals surface area (Å²) < 4.78 is 68.6. The van der Waals surface area contributed by atoms with Gasteiger partial charge in [-0.2, -0.15) is 0 Å². The lowest BCUT2D eigenvalue weighted by Gasteiger charge is -2.51. The summed E-state index contributed by atoms with van der Waals surface area (Å²) in [6.07, 6.45) is -5.77. The van der Waals surface area contributed by atoms with E-state index in [1.54, 1.807) is 21.1 Å². The predicted octanol–water partition coefficient (Wildman–Crippen LogP) is 10.1. The predicted molar refractivity (Wildman–Crippen MR) is 290 cm³/mol. The number of aliphatic hydroxyl groups is 2. The summed E-state index contributed by atoms with van der Waals surface area (Å²) in [5.41, 5.74) is -2.60. The van der Waals surface area contributed by atoms with Crippen LogP contribution in [0.4, 0.5) is 0 Å². The molecular weight excluding hydrogens is 957 g/mol. The van der Waals surface area contributed by atoms with E-state index in [4.69, 9.17) is 51.7 Å². The molecule has 0 amide bonds. The number of hydrogen-bond acceptors (Lipinski definition) is 15. The minimum Gasteiger partial charge on any atom is -0.459 e. The van der Waals surface area contributed by atoms with Crippen LogP contribution in [-0.2, 0) is 51.3 Å². The van der Waals surface area contributed by atoms with Crippen LogP contribution in [0.2, 0.25) is 55.9 Å². The van der Waals surface area contributed by atoms with E-state index in [-0.39, 0.29) is 41.3 Å². The topological polar surface area (TPSA) is 165 Å². The van der Waals surface area contributed by atoms with Gasteiger partial charge in [0.15, 0.2) is 29.2 Å². The lowest BCUT2D eigenvalue weighted by Crippen LogP contribution is -2.63. The first-order valence-corrected chi connectivity index (χ1v) is 35.9. The Morgan fingerprint density at radius 1 is 0.761 bits per heavy atom. The van der Waals surface area contributed by atoms with Crippen molar-refractivity contribution >= 4 is 36.6 Å². The molecule has 3 fully saturated rings. The molecule has 3 aliphatic rings. The number of likely N-dealkylation sites (N-methyl/N-ethyl adjacent to an activating group) is 1. The average molecular weight is 1060 g/mol. The number of rotatable bonds is 17. The maximum absolute atomic E-state index is 15.0. The zero-order valence-electron chi connectivity index (χ0n) is 49.5. The van der Waals surface area contributed by atoms with E-state index < -0.39 is 121 Å². The first-order valence-electron chi connectivity index (χ1n) is 27.0. The molecular formula is C53H106N2O13Si3. The highest BCUT2D eigenvalue weighted by Gasteiger charge is 2.56. The normalized spacial score (nSPS) is 40.6. The van der Waals surface area contributed by atoms with Gasteiger partial charge in [-0.3, -0.25) is 4.79 Å². The third-order valence-electron chi connectivity index (χ3n) is 16.2. The standard InChI is InChI=1S/C53H106N2O13Si3/c1-27-41-53(16,58)46(56)36(10)43(54-68-71(31(2)3,32(4)5)33(6)7)34(8)29-51(14,59-19)47(65-50-45(66-69(21,22)23)40(55(17)18)28-35(9)61-50)37(11)44(38(12)49(57)63-41)64-42-30-52(15,60-20)48(39(13)62-42)67-70(24,25)26/h31-42,44-48,50,56,58H,27-30H2,1-26H3/b54-43+/t34-,35-,36+,37+,38-,39+,40+,41-,42+,44+,45-,46-,47-,48+,50+,51-,52-,53-/m1/s1. The second kappa shape index (κ2) is 25.1. The highest BCUT2D eigenvalue weighted by Crippen LogP contribution is 2.46. The molecule has 0 unspecified atom stereocenters. The first kappa shape index (κ1) is 64.4. The van der Waals surface area contributed by atoms with Gasteiger partial charge in [0.1, 0.15) is 17.8 Å². The smallest absolute Gasteiger partial charge is 0.311 e. The first-order chi connectivity index (χ1) is 32.4. The minimum atomic E-state index is -2.59. The van der Waals surface area contributed by atoms with Crippen LogP contribution in [0.15, 0.2) is 5.16 Å². The Kier molecular flexibility index (Phi) is 22.8. The summed E-state index contributed by atoms with van der Waals surface area (Å²) in [7, 11) is 0.645. The number of esters is 1. The summed E-state index contributed by atoms with van der Waals surface area (Å²) in [6.45, 7) is 45.4. The number of hydrogen-bond donors (Lipinski definition) is 2. The van der Waals surface area contributed by atoms with Crippen molar-refractivity contribution in [1.29, 1.82) is 0 Å². The summed E-state index contributed by atoms with van der Waals surface area (Å²) in [4.78, 5) is 17.2. The minimum absolute atomic E-state index is 0.0302. The largest absolute Gasteiger partial charge is 0.459 e. The second-order valence-corrected chi connectivity index (χ2v) is 39.8. The molecule has 18 atom stereocenters. The van der Waals surface area contributed by atoms with Crippen molar-refractivity contribution < 1.29 is 61.5 Å². The zero-order chi connectivity index (χ0) is 54.7. The average Bonchev–Trinajstić information content (AvgIpc) is 3.24. The molecule has 0 aromatic heterocycles. The van der Waals surface area contributed by atoms with Crippen molar-refractivity contribution in [2.45, 2.75) is 277 Å². The molecule has 418 valence electrons. The van der Waals surface area contributed by atoms with Gasteiger partial charge in [-0.15, -0.1) is 5.16 Å². The van der Waals surface area contributed by atoms with Gasteiger partial charge in [-0.05, 0) is 131 Å². The maximum Gasteiger partial charge on any atom is 0.311 e. The quantitative estimate of drug-likeness (QED) is 0.0803. The second-order valence-electron chi connectivity index (χ2n) is 25.6. The van der Waals surface area contributed by atoms with E-state index in [9.17, 15) is 15.0 Å². The molecule has 71 heavy (non-hydrogen) atoms. The van der Waals surface area contributed by atoms with E-state index >= 15 is 0 Å². The zero-order valence-corrected chi connectivity index (χ0v) is 52.5. The summed E-state index contributed by atoms with van der Waals surface area (Å²) in [5.74, 6) is -3.31. The highest BCUT2D eigenvalue weighted by atomic mass is 28.4. The van der Waals surface area contributed by atoms with Crippen LogP contribution in [0.1, 0.15) is 136 Å². The number of nitrogens with zero attached hydrogens (tertiary/aromatic N) is 2. The maximum atomic E-state index is 15.0. The molecule has 0 aliphatic carbocycles. The van der Waals surface area contributed by atoms with E-state index in [0.29, 0.717) is 18.6 Å². The van der Waals surface area contributed by atoms with Crippen molar-refractivity contribution in [2.24, 2.45) is 28.8 Å². The Morgan fingerprint density at radius 2 is 1.28 bits per heavy atom. The Bertz CT molecular complexity index is 1690. The fourth-order valence-electron chi connectivity index (χ4n) is 12.3. The number of methoxy groups -OCH3 is 2. The van der Waals surface area contributed by atoms with Crippen LogP contribution >= 0.6 is 0 Å². The lowest BCUT2D eigenvalue weighted by molar-refractivity contribution is -0.316. The molecule has 3 aliphatic heterocycles. The van der Waals surface area contributed by atoms with Crippen molar-refractivity contribution in [2.75, 3.05) is 28.3 Å². The Hall–Kier alpha value is -0.849. The summed E-state index contributed by atoms with van der Waals surface area (Å²) >= 11 is 0. The molecule has 0 radical (unpaired) electrons. The van der Waals surface area contributed by atoms with E-state index in [0.717, 1.165) is 6.42 Å². The van der Waals surface area contributed by atoms with Crippen molar-refractivity contribution in [3.63, 3.8) is 0 Å². The third-order valence-corrected chi connectivity index (χ3v) is 24.0. The molecule has 18 heteroatoms. The number of carbonyl (C=O) groups is 1. The van der Waals surface area contributed by atoms with Gasteiger partial charge in [0.2, 0.25) is 0 Å². The Labute approximate surface area is 435 Å². The van der Waals surface area contributed by atoms with Gasteiger partial charge < -0.3 is 61.6 Å². The molecule has 0 bridgehead atoms. The molecule has 0 saturated carbocycles. The van der Waals surface area contributed by atoms with Crippen LogP contribution < -0.4 is 0 Å². The Morgan fingerprint density at radius 3 is 1.75 bits per heavy atom. The summed E-state index contributed by atoms with van der Waals surface area (Å²) in [6, 6.07) is -0.0302. The van der Waals surface area contributed by atoms with Crippen LogP contribution in [0, 0.1) is 23.7 Å². The molecule has 3 rings (SSSR count). The monoisotopic (exact) mass is 1060 g/mol. The molecule has 2 N–H and O–H groups in total. The number of ether oxygens (including phenoxy) is 7. The number of cyclic esters (lactones) is 1. The van der Waals surface area contributed by atoms with Crippen LogP contribution in [0.5, 0.6) is 0 Å². The molecule has 0 aromatic carbocycles. The van der Waals surface area contributed by atoms with Gasteiger partial charge in [-0.1, -0.05) is 69.2 Å². The number of oxime groups is 1. The highest BCUT2D eigenvalue weighted by molar-refractivity contribution is 6.77. The van der Waals surface area contributed by atoms with Gasteiger partial charge in [0, 0.05) is 44.4 Å². The van der Waals surface area contributed by atoms with Crippen molar-refractivity contribution in [1.82, 2.24) is 4.90 Å². The third kappa shape index (κ3) is 15.2. The molecule has 0 aromatic rings. The fourth-order valence-corrected chi connectivity index (χ4v) is 19.5. The molecule has 3 saturated heterocycles. The van der Waals surface area contributed by atoms with E-state index in [1.165, 1.54) is 6.92 Å². The lowest BCUT2D eigenvalue weighted by atomic mass is 9.73. The molecule has 0 spiro atoms. The fraction of sp³-hybridized carbons (Fsp3) is 0.962. The van der Waals surface area contributed by atoms with E-state index in [1.807, 2.05) is 41.5 Å². The van der Waals surface area contributed by atoms with Crippen LogP contribution in [-0.4, -0.2) is 164 Å². The molecule has 15 nitrogen and oxygen atoms in total. The Balaban J connectivity index is 2.45. The number of aliphatic hydroxyl groups excluding tert-OH is 1. The molecule has 3 heterocycles.